The predicted octanol–water partition coefficient (Wildman–Crippen LogP) is 3.83. The van der Waals surface area contributed by atoms with Gasteiger partial charge in [0.25, 0.3) is 0 Å². The number of phenols is 1. The molecule has 0 amide bonds. The number of rotatable bonds is 6. The molecular weight excluding hydrogens is 386 g/mol. The van der Waals surface area contributed by atoms with E-state index in [0.29, 0.717) is 28.6 Å². The third-order valence-corrected chi connectivity index (χ3v) is 4.84. The number of benzene rings is 2. The first-order valence-electron chi connectivity index (χ1n) is 9.10. The van der Waals surface area contributed by atoms with Gasteiger partial charge in [0.2, 0.25) is 5.75 Å². The van der Waals surface area contributed by atoms with Crippen LogP contribution in [-0.4, -0.2) is 48.1 Å². The summed E-state index contributed by atoms with van der Waals surface area (Å²) >= 11 is 0. The molecule has 2 heterocycles. The van der Waals surface area contributed by atoms with Crippen LogP contribution in [0.3, 0.4) is 0 Å². The Balaban J connectivity index is 1.86. The lowest BCUT2D eigenvalue weighted by molar-refractivity contribution is 0.324. The van der Waals surface area contributed by atoms with Crippen molar-refractivity contribution in [2.45, 2.75) is 0 Å². The first kappa shape index (κ1) is 19.4. The summed E-state index contributed by atoms with van der Waals surface area (Å²) < 4.78 is 23.3. The van der Waals surface area contributed by atoms with Crippen molar-refractivity contribution in [1.29, 1.82) is 0 Å². The first-order chi connectivity index (χ1) is 14.6. The fourth-order valence-electron chi connectivity index (χ4n) is 3.34. The lowest BCUT2D eigenvalue weighted by Gasteiger charge is -2.15. The molecule has 4 rings (SSSR count). The van der Waals surface area contributed by atoms with Crippen molar-refractivity contribution in [3.05, 3.63) is 48.9 Å². The van der Waals surface area contributed by atoms with E-state index in [-0.39, 0.29) is 5.75 Å². The molecule has 2 aromatic carbocycles. The van der Waals surface area contributed by atoms with E-state index in [2.05, 4.69) is 9.97 Å². The van der Waals surface area contributed by atoms with Crippen LogP contribution in [-0.2, 0) is 0 Å². The molecule has 0 fully saturated rings. The lowest BCUT2D eigenvalue weighted by Crippen LogP contribution is -1.99. The van der Waals surface area contributed by atoms with Crippen molar-refractivity contribution in [1.82, 2.24) is 14.5 Å². The van der Waals surface area contributed by atoms with Gasteiger partial charge in [-0.3, -0.25) is 4.57 Å². The molecule has 0 aliphatic rings. The van der Waals surface area contributed by atoms with Crippen LogP contribution < -0.4 is 18.9 Å². The number of phenolic OH excluding ortho intramolecular Hbond substituents is 1. The molecule has 0 unspecified atom stereocenters. The van der Waals surface area contributed by atoms with Gasteiger partial charge in [-0.1, -0.05) is 6.07 Å². The molecule has 0 radical (unpaired) electrons. The van der Waals surface area contributed by atoms with E-state index in [4.69, 9.17) is 18.9 Å². The molecule has 30 heavy (non-hydrogen) atoms. The zero-order valence-corrected chi connectivity index (χ0v) is 17.0. The van der Waals surface area contributed by atoms with Crippen LogP contribution in [0.2, 0.25) is 0 Å². The van der Waals surface area contributed by atoms with E-state index in [1.165, 1.54) is 7.11 Å². The smallest absolute Gasteiger partial charge is 0.203 e. The Morgan fingerprint density at radius 2 is 1.47 bits per heavy atom. The third kappa shape index (κ3) is 3.22. The van der Waals surface area contributed by atoms with Gasteiger partial charge in [-0.25, -0.2) is 9.97 Å². The maximum Gasteiger partial charge on any atom is 0.203 e. The number of aromatic nitrogens is 3. The second-order valence-corrected chi connectivity index (χ2v) is 6.45. The van der Waals surface area contributed by atoms with Crippen molar-refractivity contribution in [3.8, 4) is 45.6 Å². The topological polar surface area (TPSA) is 87.9 Å². The number of hydrogen-bond donors (Lipinski definition) is 1. The molecule has 2 aromatic heterocycles. The maximum absolute atomic E-state index is 10.1. The summed E-state index contributed by atoms with van der Waals surface area (Å²) in [7, 11) is 6.22. The summed E-state index contributed by atoms with van der Waals surface area (Å²) in [5.41, 5.74) is 3.79. The molecule has 0 saturated carbocycles. The van der Waals surface area contributed by atoms with Gasteiger partial charge in [-0.15, -0.1) is 0 Å². The minimum absolute atomic E-state index is 0.0632. The van der Waals surface area contributed by atoms with Crippen molar-refractivity contribution in [3.63, 3.8) is 0 Å². The summed E-state index contributed by atoms with van der Waals surface area (Å²) in [4.78, 5) is 8.86. The molecule has 0 aliphatic heterocycles. The van der Waals surface area contributed by atoms with Gasteiger partial charge in [-0.2, -0.15) is 0 Å². The maximum atomic E-state index is 10.1. The third-order valence-electron chi connectivity index (χ3n) is 4.84. The highest BCUT2D eigenvalue weighted by Gasteiger charge is 2.16. The Hall–Kier alpha value is -3.94. The molecule has 0 saturated heterocycles. The van der Waals surface area contributed by atoms with Crippen molar-refractivity contribution in [2.75, 3.05) is 28.4 Å². The van der Waals surface area contributed by atoms with Gasteiger partial charge in [0.15, 0.2) is 28.6 Å². The number of aromatic hydroxyl groups is 1. The number of nitrogens with zero attached hydrogens (tertiary/aromatic N) is 3. The normalized spacial score (nSPS) is 10.8. The van der Waals surface area contributed by atoms with Gasteiger partial charge < -0.3 is 24.1 Å². The Bertz CT molecular complexity index is 1190. The Labute approximate surface area is 173 Å². The van der Waals surface area contributed by atoms with Gasteiger partial charge >= 0.3 is 0 Å². The summed E-state index contributed by atoms with van der Waals surface area (Å²) in [5.74, 6) is 2.07. The average Bonchev–Trinajstić information content (AvgIpc) is 3.21. The Morgan fingerprint density at radius 1 is 0.767 bits per heavy atom. The quantitative estimate of drug-likeness (QED) is 0.520. The number of fused-ring (bicyclic) bond motifs is 1. The average molecular weight is 407 g/mol. The number of imidazole rings is 1. The Kier molecular flexibility index (Phi) is 5.05. The zero-order valence-electron chi connectivity index (χ0n) is 17.0. The molecular formula is C22H21N3O5. The van der Waals surface area contributed by atoms with Crippen LogP contribution in [0.25, 0.3) is 28.0 Å². The molecule has 1 N–H and O–H groups in total. The number of hydrogen-bond acceptors (Lipinski definition) is 7. The predicted molar refractivity (Wildman–Crippen MR) is 112 cm³/mol. The van der Waals surface area contributed by atoms with Gasteiger partial charge in [0, 0.05) is 23.9 Å². The fraction of sp³-hybridized carbons (Fsp3) is 0.182. The van der Waals surface area contributed by atoms with E-state index in [0.717, 1.165) is 22.3 Å². The van der Waals surface area contributed by atoms with Gasteiger partial charge in [-0.05, 0) is 23.8 Å². The first-order valence-corrected chi connectivity index (χ1v) is 9.10. The zero-order chi connectivity index (χ0) is 21.3. The summed E-state index contributed by atoms with van der Waals surface area (Å²) in [6, 6.07) is 10.9. The van der Waals surface area contributed by atoms with Crippen LogP contribution in [0, 0.1) is 0 Å². The monoisotopic (exact) mass is 407 g/mol. The largest absolute Gasteiger partial charge is 0.504 e. The molecule has 154 valence electrons. The molecule has 8 nitrogen and oxygen atoms in total. The molecule has 0 bridgehead atoms. The van der Waals surface area contributed by atoms with Crippen molar-refractivity contribution >= 4 is 11.2 Å². The fourth-order valence-corrected chi connectivity index (χ4v) is 3.34. The van der Waals surface area contributed by atoms with Gasteiger partial charge in [0.05, 0.1) is 39.6 Å². The molecule has 0 atom stereocenters. The van der Waals surface area contributed by atoms with Crippen molar-refractivity contribution in [2.24, 2.45) is 0 Å². The van der Waals surface area contributed by atoms with E-state index in [1.807, 2.05) is 28.8 Å². The van der Waals surface area contributed by atoms with Crippen LogP contribution in [0.1, 0.15) is 0 Å². The number of ether oxygens (including phenoxy) is 4. The van der Waals surface area contributed by atoms with Crippen LogP contribution in [0.5, 0.6) is 28.7 Å². The van der Waals surface area contributed by atoms with E-state index in [1.54, 1.807) is 46.0 Å². The second kappa shape index (κ2) is 7.82. The van der Waals surface area contributed by atoms with Crippen LogP contribution in [0.4, 0.5) is 0 Å². The van der Waals surface area contributed by atoms with Crippen LogP contribution in [0.15, 0.2) is 48.9 Å². The minimum atomic E-state index is 0.0632. The lowest BCUT2D eigenvalue weighted by atomic mass is 10.1. The molecule has 0 aliphatic carbocycles. The van der Waals surface area contributed by atoms with Crippen molar-refractivity contribution < 1.29 is 24.1 Å². The molecule has 4 aromatic rings. The number of pyridine rings is 1. The molecule has 0 spiro atoms. The summed E-state index contributed by atoms with van der Waals surface area (Å²) in [6.07, 6.45) is 3.41. The molecule has 8 heteroatoms. The highest BCUT2D eigenvalue weighted by atomic mass is 16.5. The van der Waals surface area contributed by atoms with Crippen LogP contribution >= 0.6 is 0 Å². The second-order valence-electron chi connectivity index (χ2n) is 6.45. The number of methoxy groups -OCH3 is 4. The van der Waals surface area contributed by atoms with Gasteiger partial charge in [0.1, 0.15) is 6.33 Å². The summed E-state index contributed by atoms with van der Waals surface area (Å²) in [5, 5.41) is 10.1. The standard InChI is InChI=1S/C22H21N3O5/c1-27-18-6-5-13(8-17(18)26)14-7-16-22(23-11-14)24-12-25(16)15-9-19(28-2)21(30-4)20(10-15)29-3/h5-12,26H,1-4H3. The van der Waals surface area contributed by atoms with E-state index < -0.39 is 0 Å². The SMILES string of the molecule is COc1ccc(-c2cnc3ncn(-c4cc(OC)c(OC)c(OC)c4)c3c2)cc1O. The highest BCUT2D eigenvalue weighted by molar-refractivity contribution is 5.81. The minimum Gasteiger partial charge on any atom is -0.504 e. The highest BCUT2D eigenvalue weighted by Crippen LogP contribution is 2.40. The van der Waals surface area contributed by atoms with E-state index in [9.17, 15) is 5.11 Å². The Morgan fingerprint density at radius 3 is 2.07 bits per heavy atom. The van der Waals surface area contributed by atoms with E-state index >= 15 is 0 Å². The summed E-state index contributed by atoms with van der Waals surface area (Å²) in [6.45, 7) is 0.